The zero-order chi connectivity index (χ0) is 13.7. The first-order valence-electron chi connectivity index (χ1n) is 6.72. The van der Waals surface area contributed by atoms with Crippen molar-refractivity contribution < 1.29 is 9.53 Å². The summed E-state index contributed by atoms with van der Waals surface area (Å²) >= 11 is 6.22. The molecule has 2 aliphatic carbocycles. The van der Waals surface area contributed by atoms with Crippen molar-refractivity contribution in [2.75, 3.05) is 6.61 Å². The quantitative estimate of drug-likeness (QED) is 0.909. The largest absolute Gasteiger partial charge is 0.372 e. The average molecular weight is 293 g/mol. The van der Waals surface area contributed by atoms with Gasteiger partial charge in [0.05, 0.1) is 6.10 Å². The second kappa shape index (κ2) is 4.49. The topological polar surface area (TPSA) is 80.8 Å². The van der Waals surface area contributed by atoms with Crippen molar-refractivity contribution in [1.29, 1.82) is 0 Å². The molecule has 0 amide bonds. The summed E-state index contributed by atoms with van der Waals surface area (Å²) in [6.07, 6.45) is 5.41. The van der Waals surface area contributed by atoms with Gasteiger partial charge in [-0.25, -0.2) is 0 Å². The molecule has 0 spiro atoms. The first-order valence-corrected chi connectivity index (χ1v) is 7.10. The van der Waals surface area contributed by atoms with Crippen LogP contribution in [0.2, 0.25) is 0 Å². The molecule has 0 bridgehead atoms. The molecule has 1 aromatic rings. The molecule has 0 aromatic carbocycles. The number of rotatable bonds is 3. The number of allylic oxidation sites excluding steroid dienone is 2. The first-order chi connectivity index (χ1) is 9.74. The van der Waals surface area contributed by atoms with Gasteiger partial charge in [-0.15, -0.1) is 10.2 Å². The van der Waals surface area contributed by atoms with Gasteiger partial charge in [-0.2, -0.15) is 5.21 Å². The molecule has 104 valence electrons. The number of hydrogen-bond acceptors (Lipinski definition) is 5. The van der Waals surface area contributed by atoms with Crippen molar-refractivity contribution in [3.63, 3.8) is 0 Å². The van der Waals surface area contributed by atoms with Crippen LogP contribution < -0.4 is 0 Å². The van der Waals surface area contributed by atoms with Gasteiger partial charge >= 0.3 is 0 Å². The lowest BCUT2D eigenvalue weighted by Crippen LogP contribution is -2.21. The van der Waals surface area contributed by atoms with Crippen LogP contribution in [-0.4, -0.2) is 39.1 Å². The van der Waals surface area contributed by atoms with Crippen LogP contribution >= 0.6 is 11.6 Å². The van der Waals surface area contributed by atoms with Crippen molar-refractivity contribution in [2.45, 2.75) is 24.9 Å². The smallest absolute Gasteiger partial charge is 0.178 e. The maximum absolute atomic E-state index is 12.5. The molecule has 1 aliphatic heterocycles. The molecule has 20 heavy (non-hydrogen) atoms. The van der Waals surface area contributed by atoms with Crippen molar-refractivity contribution in [1.82, 2.24) is 20.6 Å². The molecule has 6 nitrogen and oxygen atoms in total. The maximum Gasteiger partial charge on any atom is 0.178 e. The third-order valence-corrected chi connectivity index (χ3v) is 4.53. The number of carbonyl (C=O) groups excluding carboxylic acids is 1. The van der Waals surface area contributed by atoms with Gasteiger partial charge in [0, 0.05) is 35.0 Å². The minimum absolute atomic E-state index is 0.0431. The Morgan fingerprint density at radius 2 is 2.40 bits per heavy atom. The van der Waals surface area contributed by atoms with Crippen molar-refractivity contribution in [3.05, 3.63) is 28.6 Å². The summed E-state index contributed by atoms with van der Waals surface area (Å²) in [6.45, 7) is 0.701. The van der Waals surface area contributed by atoms with Crippen molar-refractivity contribution in [2.24, 2.45) is 11.8 Å². The van der Waals surface area contributed by atoms with Gasteiger partial charge in [0.15, 0.2) is 11.6 Å². The minimum atomic E-state index is -0.0552. The van der Waals surface area contributed by atoms with Crippen LogP contribution in [-0.2, 0) is 9.53 Å². The van der Waals surface area contributed by atoms with Crippen LogP contribution in [0.25, 0.3) is 0 Å². The molecule has 1 saturated heterocycles. The number of nitrogens with one attached hydrogen (secondary N) is 1. The number of Topliss-reactive ketones (excluding diaryl/α,β-unsaturated/α-hetero) is 1. The number of tetrazole rings is 1. The highest BCUT2D eigenvalue weighted by Gasteiger charge is 2.48. The Labute approximate surface area is 120 Å². The van der Waals surface area contributed by atoms with Crippen LogP contribution in [0.15, 0.2) is 22.8 Å². The molecule has 1 aromatic heterocycles. The minimum Gasteiger partial charge on any atom is -0.372 e. The van der Waals surface area contributed by atoms with E-state index in [2.05, 4.69) is 20.6 Å². The summed E-state index contributed by atoms with van der Waals surface area (Å²) in [5.41, 5.74) is 0.706. The number of aromatic nitrogens is 4. The van der Waals surface area contributed by atoms with Crippen LogP contribution in [0.4, 0.5) is 0 Å². The number of nitrogens with zero attached hydrogens (tertiary/aromatic N) is 3. The molecule has 4 rings (SSSR count). The van der Waals surface area contributed by atoms with Gasteiger partial charge in [0.25, 0.3) is 0 Å². The molecule has 1 saturated carbocycles. The van der Waals surface area contributed by atoms with Crippen LogP contribution in [0.3, 0.4) is 0 Å². The second-order valence-electron chi connectivity index (χ2n) is 5.48. The highest BCUT2D eigenvalue weighted by molar-refractivity contribution is 6.31. The molecule has 2 fully saturated rings. The predicted octanol–water partition coefficient (Wildman–Crippen LogP) is 1.34. The normalized spacial score (nSPS) is 35.2. The number of ketones is 1. The summed E-state index contributed by atoms with van der Waals surface area (Å²) in [7, 11) is 0. The van der Waals surface area contributed by atoms with E-state index >= 15 is 0 Å². The van der Waals surface area contributed by atoms with Crippen molar-refractivity contribution in [3.8, 4) is 0 Å². The van der Waals surface area contributed by atoms with Crippen LogP contribution in [0, 0.1) is 11.8 Å². The summed E-state index contributed by atoms with van der Waals surface area (Å²) in [4.78, 5) is 12.5. The van der Waals surface area contributed by atoms with E-state index in [0.717, 1.165) is 12.8 Å². The Balaban J connectivity index is 1.53. The van der Waals surface area contributed by atoms with Gasteiger partial charge in [-0.05, 0) is 18.9 Å². The molecular formula is C13H13ClN4O2. The molecule has 4 atom stereocenters. The number of H-pyrrole nitrogens is 1. The van der Waals surface area contributed by atoms with E-state index < -0.39 is 0 Å². The van der Waals surface area contributed by atoms with E-state index in [9.17, 15) is 4.79 Å². The Morgan fingerprint density at radius 3 is 3.20 bits per heavy atom. The lowest BCUT2D eigenvalue weighted by molar-refractivity contribution is -0.116. The molecule has 2 heterocycles. The van der Waals surface area contributed by atoms with Gasteiger partial charge in [0.1, 0.15) is 0 Å². The Bertz CT molecular complexity index is 610. The van der Waals surface area contributed by atoms with E-state index in [4.69, 9.17) is 16.3 Å². The highest BCUT2D eigenvalue weighted by Crippen LogP contribution is 2.48. The number of carbonyl (C=O) groups is 1. The Kier molecular flexibility index (Phi) is 2.75. The summed E-state index contributed by atoms with van der Waals surface area (Å²) < 4.78 is 5.56. The van der Waals surface area contributed by atoms with Gasteiger partial charge in [-0.1, -0.05) is 22.9 Å². The Hall–Kier alpha value is -1.53. The molecule has 1 N–H and O–H groups in total. The fraction of sp³-hybridized carbons (Fsp3) is 0.538. The SMILES string of the molecule is O=C(C1=CC2CCOC2C(Cl)=C1)[C@H]1C[C@@H]1c1nn[nH]n1. The van der Waals surface area contributed by atoms with Crippen LogP contribution in [0.5, 0.6) is 0 Å². The first kappa shape index (κ1) is 12.2. The zero-order valence-electron chi connectivity index (χ0n) is 10.6. The van der Waals surface area contributed by atoms with Crippen LogP contribution in [0.1, 0.15) is 24.6 Å². The number of halogens is 1. The third kappa shape index (κ3) is 1.91. The molecule has 2 unspecified atom stereocenters. The number of aromatic amines is 1. The summed E-state index contributed by atoms with van der Waals surface area (Å²) in [5, 5.41) is 14.5. The second-order valence-corrected chi connectivity index (χ2v) is 5.91. The number of fused-ring (bicyclic) bond motifs is 1. The van der Waals surface area contributed by atoms with Crippen molar-refractivity contribution >= 4 is 17.4 Å². The van der Waals surface area contributed by atoms with E-state index in [1.807, 2.05) is 6.08 Å². The fourth-order valence-corrected chi connectivity index (χ4v) is 3.38. The van der Waals surface area contributed by atoms with E-state index in [-0.39, 0.29) is 29.6 Å². The predicted molar refractivity (Wildman–Crippen MR) is 69.9 cm³/mol. The van der Waals surface area contributed by atoms with Gasteiger partial charge < -0.3 is 4.74 Å². The third-order valence-electron chi connectivity index (χ3n) is 4.20. The standard InChI is InChI=1S/C13H13ClN4O2/c14-10-4-7(3-6-1-2-20-12(6)10)11(19)8-5-9(8)13-15-17-18-16-13/h3-4,6,8-9,12H,1-2,5H2,(H,15,16,17,18)/t6?,8-,9-,12?/m0/s1. The molecule has 7 heteroatoms. The number of ether oxygens (including phenoxy) is 1. The monoisotopic (exact) mass is 292 g/mol. The molecule has 0 radical (unpaired) electrons. The Morgan fingerprint density at radius 1 is 1.50 bits per heavy atom. The maximum atomic E-state index is 12.5. The average Bonchev–Trinajstić information content (AvgIpc) is 2.90. The summed E-state index contributed by atoms with van der Waals surface area (Å²) in [6, 6.07) is 0. The van der Waals surface area contributed by atoms with Gasteiger partial charge in [-0.3, -0.25) is 4.79 Å². The number of hydrogen-bond donors (Lipinski definition) is 1. The fourth-order valence-electron chi connectivity index (χ4n) is 3.03. The zero-order valence-corrected chi connectivity index (χ0v) is 11.4. The van der Waals surface area contributed by atoms with E-state index in [0.29, 0.717) is 23.0 Å². The van der Waals surface area contributed by atoms with Gasteiger partial charge in [0.2, 0.25) is 0 Å². The van der Waals surface area contributed by atoms with E-state index in [1.165, 1.54) is 0 Å². The highest BCUT2D eigenvalue weighted by atomic mass is 35.5. The summed E-state index contributed by atoms with van der Waals surface area (Å²) in [5.74, 6) is 1.03. The van der Waals surface area contributed by atoms with E-state index in [1.54, 1.807) is 6.08 Å². The molecule has 3 aliphatic rings. The lowest BCUT2D eigenvalue weighted by atomic mass is 9.90. The molecular weight excluding hydrogens is 280 g/mol. The lowest BCUT2D eigenvalue weighted by Gasteiger charge is -2.20.